The number of amides is 1. The highest BCUT2D eigenvalue weighted by molar-refractivity contribution is 5.74. The van der Waals surface area contributed by atoms with Crippen LogP contribution in [0.3, 0.4) is 0 Å². The second kappa shape index (κ2) is 8.22. The minimum Gasteiger partial charge on any atom is -0.398 e. The topological polar surface area (TPSA) is 76.6 Å². The predicted octanol–water partition coefficient (Wildman–Crippen LogP) is 3.43. The second-order valence-electron chi connectivity index (χ2n) is 7.90. The molecular weight excluding hydrogens is 392 g/mol. The molecule has 0 radical (unpaired) electrons. The molecule has 0 saturated carbocycles. The van der Waals surface area contributed by atoms with E-state index in [1.807, 2.05) is 11.9 Å². The van der Waals surface area contributed by atoms with E-state index in [-0.39, 0.29) is 23.2 Å². The van der Waals surface area contributed by atoms with Crippen molar-refractivity contribution in [2.45, 2.75) is 45.2 Å². The van der Waals surface area contributed by atoms with Crippen molar-refractivity contribution >= 4 is 23.1 Å². The Bertz CT molecular complexity index is 940. The summed E-state index contributed by atoms with van der Waals surface area (Å²) in [5.41, 5.74) is 8.27. The van der Waals surface area contributed by atoms with Gasteiger partial charge in [-0.25, -0.2) is 8.78 Å². The van der Waals surface area contributed by atoms with Crippen molar-refractivity contribution in [2.75, 3.05) is 37.4 Å². The minimum atomic E-state index is -2.65. The monoisotopic (exact) mass is 419 g/mol. The van der Waals surface area contributed by atoms with Crippen molar-refractivity contribution in [3.63, 3.8) is 0 Å². The van der Waals surface area contributed by atoms with Crippen LogP contribution in [0.15, 0.2) is 18.2 Å². The number of ether oxygens (including phenoxy) is 1. The van der Waals surface area contributed by atoms with Gasteiger partial charge in [0.25, 0.3) is 6.43 Å². The summed E-state index contributed by atoms with van der Waals surface area (Å²) in [5.74, 6) is 0.702. The average Bonchev–Trinajstić information content (AvgIpc) is 3.13. The molecule has 1 saturated heterocycles. The molecule has 2 aromatic rings. The van der Waals surface area contributed by atoms with Crippen molar-refractivity contribution in [3.8, 4) is 0 Å². The molecule has 0 aliphatic carbocycles. The molecule has 0 atom stereocenters. The van der Waals surface area contributed by atoms with Gasteiger partial charge < -0.3 is 20.3 Å². The van der Waals surface area contributed by atoms with E-state index in [2.05, 4.69) is 4.68 Å². The number of nitrogens with zero attached hydrogens (tertiary/aromatic N) is 4. The number of nitrogen functional groups attached to an aromatic ring is 1. The van der Waals surface area contributed by atoms with Crippen LogP contribution in [0.4, 0.5) is 26.0 Å². The molecule has 0 spiro atoms. The summed E-state index contributed by atoms with van der Waals surface area (Å²) in [6, 6.07) is 4.86. The van der Waals surface area contributed by atoms with Gasteiger partial charge >= 0.3 is 0 Å². The minimum absolute atomic E-state index is 0.0144. The Morgan fingerprint density at radius 1 is 1.33 bits per heavy atom. The van der Waals surface area contributed by atoms with Crippen LogP contribution in [-0.2, 0) is 22.5 Å². The summed E-state index contributed by atoms with van der Waals surface area (Å²) in [4.78, 5) is 15.6. The van der Waals surface area contributed by atoms with E-state index in [1.165, 1.54) is 12.1 Å². The lowest BCUT2D eigenvalue weighted by Gasteiger charge is -2.29. The lowest BCUT2D eigenvalue weighted by Crippen LogP contribution is -2.35. The van der Waals surface area contributed by atoms with E-state index in [0.29, 0.717) is 37.8 Å². The Hall–Kier alpha value is -2.68. The van der Waals surface area contributed by atoms with Crippen LogP contribution in [0.5, 0.6) is 0 Å². The first kappa shape index (κ1) is 20.6. The van der Waals surface area contributed by atoms with Crippen molar-refractivity contribution in [2.24, 2.45) is 0 Å². The van der Waals surface area contributed by atoms with Gasteiger partial charge in [0.05, 0.1) is 12.6 Å². The molecule has 2 aliphatic heterocycles. The Morgan fingerprint density at radius 2 is 2.07 bits per heavy atom. The van der Waals surface area contributed by atoms with E-state index < -0.39 is 6.43 Å². The number of alkyl halides is 2. The van der Waals surface area contributed by atoms with Crippen LogP contribution in [-0.4, -0.2) is 47.4 Å². The fourth-order valence-corrected chi connectivity index (χ4v) is 4.28. The van der Waals surface area contributed by atoms with Gasteiger partial charge in [-0.05, 0) is 31.0 Å². The molecule has 1 amide bonds. The number of aromatic nitrogens is 2. The first-order chi connectivity index (χ1) is 14.4. The zero-order valence-corrected chi connectivity index (χ0v) is 17.3. The third kappa shape index (κ3) is 3.74. The molecule has 9 heteroatoms. The number of benzene rings is 1. The highest BCUT2D eigenvalue weighted by atomic mass is 19.3. The third-order valence-electron chi connectivity index (χ3n) is 6.06. The summed E-state index contributed by atoms with van der Waals surface area (Å²) < 4.78 is 34.3. The van der Waals surface area contributed by atoms with Gasteiger partial charge in [0.1, 0.15) is 0 Å². The predicted molar refractivity (Wildman–Crippen MR) is 110 cm³/mol. The molecule has 2 aliphatic rings. The number of hydrogen-bond acceptors (Lipinski definition) is 5. The van der Waals surface area contributed by atoms with Gasteiger partial charge in [-0.1, -0.05) is 0 Å². The van der Waals surface area contributed by atoms with Crippen LogP contribution in [0.1, 0.15) is 49.1 Å². The summed E-state index contributed by atoms with van der Waals surface area (Å²) in [6.45, 7) is 4.06. The van der Waals surface area contributed by atoms with E-state index in [1.54, 1.807) is 17.9 Å². The molecule has 162 valence electrons. The highest BCUT2D eigenvalue weighted by Gasteiger charge is 2.31. The van der Waals surface area contributed by atoms with Gasteiger partial charge in [-0.3, -0.25) is 9.48 Å². The first-order valence-electron chi connectivity index (χ1n) is 10.2. The van der Waals surface area contributed by atoms with Crippen LogP contribution in [0.25, 0.3) is 0 Å². The second-order valence-corrected chi connectivity index (χ2v) is 7.90. The van der Waals surface area contributed by atoms with Gasteiger partial charge in [0.2, 0.25) is 5.91 Å². The van der Waals surface area contributed by atoms with Crippen LogP contribution >= 0.6 is 0 Å². The number of anilines is 3. The average molecular weight is 419 g/mol. The third-order valence-corrected chi connectivity index (χ3v) is 6.06. The quantitative estimate of drug-likeness (QED) is 0.769. The molecule has 0 unspecified atom stereocenters. The number of carbonyl (C=O) groups excluding carboxylic acids is 1. The van der Waals surface area contributed by atoms with Gasteiger partial charge in [0, 0.05) is 68.3 Å². The van der Waals surface area contributed by atoms with Crippen molar-refractivity contribution < 1.29 is 18.3 Å². The molecule has 7 nitrogen and oxygen atoms in total. The van der Waals surface area contributed by atoms with E-state index in [4.69, 9.17) is 15.6 Å². The number of carbonyl (C=O) groups is 1. The Kier molecular flexibility index (Phi) is 5.64. The van der Waals surface area contributed by atoms with Crippen molar-refractivity contribution in [1.29, 1.82) is 0 Å². The molecular formula is C21H27F2N5O2. The Balaban J connectivity index is 1.76. The van der Waals surface area contributed by atoms with Gasteiger partial charge in [0.15, 0.2) is 5.82 Å². The lowest BCUT2D eigenvalue weighted by molar-refractivity contribution is -0.129. The molecule has 1 aromatic heterocycles. The first-order valence-corrected chi connectivity index (χ1v) is 10.2. The fraction of sp³-hybridized carbons (Fsp3) is 0.524. The lowest BCUT2D eigenvalue weighted by atomic mass is 10.0. The van der Waals surface area contributed by atoms with E-state index >= 15 is 0 Å². The molecule has 1 aromatic carbocycles. The maximum atomic E-state index is 13.4. The summed E-state index contributed by atoms with van der Waals surface area (Å²) >= 11 is 0. The zero-order valence-electron chi connectivity index (χ0n) is 17.3. The van der Waals surface area contributed by atoms with Crippen molar-refractivity contribution in [3.05, 3.63) is 35.0 Å². The van der Waals surface area contributed by atoms with Crippen LogP contribution in [0, 0.1) is 0 Å². The van der Waals surface area contributed by atoms with E-state index in [9.17, 15) is 13.6 Å². The number of rotatable bonds is 4. The summed E-state index contributed by atoms with van der Waals surface area (Å²) in [7, 11) is 1.81. The molecule has 4 rings (SSSR count). The van der Waals surface area contributed by atoms with Crippen molar-refractivity contribution in [1.82, 2.24) is 14.7 Å². The zero-order chi connectivity index (χ0) is 21.4. The number of hydrogen-bond donors (Lipinski definition) is 1. The largest absolute Gasteiger partial charge is 0.398 e. The maximum Gasteiger partial charge on any atom is 0.265 e. The normalized spacial score (nSPS) is 17.3. The number of halogens is 2. The number of nitrogens with two attached hydrogens (primary N) is 1. The molecule has 0 bridgehead atoms. The molecule has 2 N–H and O–H groups in total. The number of fused-ring (bicyclic) bond motifs is 1. The maximum absolute atomic E-state index is 13.4. The highest BCUT2D eigenvalue weighted by Crippen LogP contribution is 2.37. The van der Waals surface area contributed by atoms with Crippen LogP contribution in [0.2, 0.25) is 0 Å². The smallest absolute Gasteiger partial charge is 0.265 e. The van der Waals surface area contributed by atoms with E-state index in [0.717, 1.165) is 30.5 Å². The SMILES string of the molecule is CC(=O)N1CCc2c(c(N(C)c3ccc(N)c(C(F)F)c3)nn2C2CCOCC2)C1. The van der Waals surface area contributed by atoms with Crippen LogP contribution < -0.4 is 10.6 Å². The fourth-order valence-electron chi connectivity index (χ4n) is 4.28. The molecule has 3 heterocycles. The molecule has 1 fully saturated rings. The van der Waals surface area contributed by atoms with Gasteiger partial charge in [-0.2, -0.15) is 5.10 Å². The molecule has 30 heavy (non-hydrogen) atoms. The Morgan fingerprint density at radius 3 is 2.73 bits per heavy atom. The standard InChI is InChI=1S/C21H27F2N5O2/c1-13(29)27-8-5-19-17(12-27)21(25-28(19)14-6-9-30-10-7-14)26(2)15-3-4-18(24)16(11-15)20(22)23/h3-4,11,14,20H,5-10,12,24H2,1-2H3. The van der Waals surface area contributed by atoms with Gasteiger partial charge in [-0.15, -0.1) is 0 Å². The Labute approximate surface area is 174 Å². The summed E-state index contributed by atoms with van der Waals surface area (Å²) in [5, 5.41) is 4.91. The summed E-state index contributed by atoms with van der Waals surface area (Å²) in [6.07, 6.45) is -0.173.